The van der Waals surface area contributed by atoms with Crippen molar-refractivity contribution < 1.29 is 0 Å². The lowest BCUT2D eigenvalue weighted by molar-refractivity contribution is 0.545. The summed E-state index contributed by atoms with van der Waals surface area (Å²) in [6, 6.07) is 18.5. The van der Waals surface area contributed by atoms with Gasteiger partial charge >= 0.3 is 0 Å². The van der Waals surface area contributed by atoms with Gasteiger partial charge in [-0.15, -0.1) is 0 Å². The molecule has 2 heterocycles. The summed E-state index contributed by atoms with van der Waals surface area (Å²) in [6.07, 6.45) is 21.8. The number of rotatable bonds is 16. The van der Waals surface area contributed by atoms with Crippen LogP contribution in [0.3, 0.4) is 0 Å². The normalized spacial score (nSPS) is 14.9. The molecule has 5 rings (SSSR count). The molecule has 0 unspecified atom stereocenters. The summed E-state index contributed by atoms with van der Waals surface area (Å²) in [5.41, 5.74) is 11.5. The quantitative estimate of drug-likeness (QED) is 0.115. The maximum Gasteiger partial charge on any atom is 0.0496 e. The summed E-state index contributed by atoms with van der Waals surface area (Å²) < 4.78 is 5.33. The lowest BCUT2D eigenvalue weighted by atomic mass is 9.63. The van der Waals surface area contributed by atoms with Gasteiger partial charge in [-0.1, -0.05) is 138 Å². The number of aromatic nitrogens is 2. The number of para-hydroxylation sites is 2. The Hall–Kier alpha value is -3.00. The highest BCUT2D eigenvalue weighted by Gasteiger charge is 2.44. The molecule has 4 aromatic rings. The van der Waals surface area contributed by atoms with Crippen LogP contribution in [0.15, 0.2) is 71.8 Å². The van der Waals surface area contributed by atoms with Gasteiger partial charge in [0.2, 0.25) is 0 Å². The van der Waals surface area contributed by atoms with Gasteiger partial charge in [-0.3, -0.25) is 0 Å². The fourth-order valence-electron chi connectivity index (χ4n) is 8.35. The Morgan fingerprint density at radius 3 is 1.48 bits per heavy atom. The zero-order valence-corrected chi connectivity index (χ0v) is 28.8. The zero-order chi connectivity index (χ0) is 31.1. The lowest BCUT2D eigenvalue weighted by Crippen LogP contribution is -2.33. The Morgan fingerprint density at radius 1 is 0.568 bits per heavy atom. The first-order valence-electron chi connectivity index (χ1n) is 18.0. The minimum absolute atomic E-state index is 0.190. The highest BCUT2D eigenvalue weighted by atomic mass is 15.0. The van der Waals surface area contributed by atoms with Gasteiger partial charge < -0.3 is 9.13 Å². The molecule has 0 saturated carbocycles. The van der Waals surface area contributed by atoms with E-state index in [0.29, 0.717) is 0 Å². The fraction of sp³-hybridized carbons (Fsp3) is 0.524. The second kappa shape index (κ2) is 14.9. The molecule has 0 fully saturated rings. The summed E-state index contributed by atoms with van der Waals surface area (Å²) in [5.74, 6) is 0. The van der Waals surface area contributed by atoms with Gasteiger partial charge in [0, 0.05) is 51.7 Å². The zero-order valence-electron chi connectivity index (χ0n) is 28.8. The molecule has 0 aliphatic heterocycles. The van der Waals surface area contributed by atoms with Gasteiger partial charge in [0.1, 0.15) is 0 Å². The molecule has 2 aromatic heterocycles. The fourth-order valence-corrected chi connectivity index (χ4v) is 8.35. The lowest BCUT2D eigenvalue weighted by Gasteiger charge is -2.39. The third-order valence-electron chi connectivity index (χ3n) is 10.8. The molecule has 2 aromatic carbocycles. The molecule has 0 spiro atoms. The third kappa shape index (κ3) is 6.11. The number of hydrogen-bond donors (Lipinski definition) is 0. The van der Waals surface area contributed by atoms with Crippen LogP contribution >= 0.6 is 0 Å². The van der Waals surface area contributed by atoms with Crippen molar-refractivity contribution in [2.45, 2.75) is 144 Å². The largest absolute Gasteiger partial charge is 0.345 e. The molecule has 236 valence electrons. The topological polar surface area (TPSA) is 9.86 Å². The molecule has 2 nitrogen and oxygen atoms in total. The van der Waals surface area contributed by atoms with Gasteiger partial charge in [-0.2, -0.15) is 0 Å². The van der Waals surface area contributed by atoms with Crippen LogP contribution in [-0.2, 0) is 18.5 Å². The first-order chi connectivity index (χ1) is 21.5. The van der Waals surface area contributed by atoms with Crippen molar-refractivity contribution >= 4 is 21.8 Å². The first-order valence-corrected chi connectivity index (χ1v) is 18.0. The van der Waals surface area contributed by atoms with Crippen LogP contribution in [0.2, 0.25) is 0 Å². The van der Waals surface area contributed by atoms with Gasteiger partial charge in [0.05, 0.1) is 0 Å². The predicted molar refractivity (Wildman–Crippen MR) is 193 cm³/mol. The Balaban J connectivity index is 1.64. The Labute approximate surface area is 268 Å². The number of benzene rings is 2. The van der Waals surface area contributed by atoms with E-state index in [1.54, 1.807) is 0 Å². The molecule has 0 bridgehead atoms. The summed E-state index contributed by atoms with van der Waals surface area (Å²) in [5, 5.41) is 2.87. The molecule has 0 saturated heterocycles. The highest BCUT2D eigenvalue weighted by Crippen LogP contribution is 2.53. The van der Waals surface area contributed by atoms with E-state index in [-0.39, 0.29) is 5.41 Å². The molecule has 0 amide bonds. The van der Waals surface area contributed by atoms with Crippen LogP contribution in [0, 0.1) is 13.8 Å². The Bertz CT molecular complexity index is 1500. The molecule has 0 N–H and O–H groups in total. The molecule has 0 radical (unpaired) electrons. The molecule has 1 aliphatic rings. The number of fused-ring (bicyclic) bond motifs is 2. The predicted octanol–water partition coefficient (Wildman–Crippen LogP) is 12.5. The summed E-state index contributed by atoms with van der Waals surface area (Å²) in [6.45, 7) is 16.4. The van der Waals surface area contributed by atoms with Crippen molar-refractivity contribution in [3.63, 3.8) is 0 Å². The van der Waals surface area contributed by atoms with Crippen molar-refractivity contribution in [1.82, 2.24) is 9.13 Å². The van der Waals surface area contributed by atoms with E-state index in [2.05, 4.69) is 111 Å². The maximum absolute atomic E-state index is 2.66. The molecule has 44 heavy (non-hydrogen) atoms. The van der Waals surface area contributed by atoms with Crippen molar-refractivity contribution in [3.8, 4) is 0 Å². The number of allylic oxidation sites excluding steroid dienone is 4. The highest BCUT2D eigenvalue weighted by molar-refractivity contribution is 5.93. The standard InChI is InChI=1S/C42H58N2/c1-7-9-11-13-15-21-30-43-34(5)40(36-25-17-19-27-38(36)43)42(29-23-24-32(3)33(42)4)41-35(6)44(31-22-16-14-12-10-8-2)39-28-20-18-26-37(39)41/h17-20,23-28H,7-16,21-22,29-31H2,1-6H3. The molecule has 0 atom stereocenters. The van der Waals surface area contributed by atoms with E-state index in [1.165, 1.54) is 133 Å². The first kappa shape index (κ1) is 32.4. The smallest absolute Gasteiger partial charge is 0.0496 e. The number of nitrogens with zero attached hydrogens (tertiary/aromatic N) is 2. The van der Waals surface area contributed by atoms with Crippen LogP contribution in [0.1, 0.15) is 134 Å². The van der Waals surface area contributed by atoms with E-state index in [9.17, 15) is 0 Å². The van der Waals surface area contributed by atoms with Crippen LogP contribution in [0.4, 0.5) is 0 Å². The van der Waals surface area contributed by atoms with Crippen LogP contribution < -0.4 is 0 Å². The Kier molecular flexibility index (Phi) is 10.9. The molecular weight excluding hydrogens is 532 g/mol. The number of unbranched alkanes of at least 4 members (excludes halogenated alkanes) is 10. The van der Waals surface area contributed by atoms with Crippen LogP contribution in [0.25, 0.3) is 21.8 Å². The average Bonchev–Trinajstić information content (AvgIpc) is 3.48. The van der Waals surface area contributed by atoms with E-state index >= 15 is 0 Å². The van der Waals surface area contributed by atoms with Crippen molar-refractivity contribution in [2.75, 3.05) is 0 Å². The van der Waals surface area contributed by atoms with Crippen LogP contribution in [-0.4, -0.2) is 9.13 Å². The van der Waals surface area contributed by atoms with E-state index in [4.69, 9.17) is 0 Å². The minimum atomic E-state index is -0.190. The van der Waals surface area contributed by atoms with E-state index in [1.807, 2.05) is 0 Å². The van der Waals surface area contributed by atoms with E-state index in [0.717, 1.165) is 19.5 Å². The summed E-state index contributed by atoms with van der Waals surface area (Å²) in [7, 11) is 0. The van der Waals surface area contributed by atoms with Crippen LogP contribution in [0.5, 0.6) is 0 Å². The van der Waals surface area contributed by atoms with Gasteiger partial charge in [-0.25, -0.2) is 0 Å². The van der Waals surface area contributed by atoms with Crippen molar-refractivity contribution in [2.24, 2.45) is 0 Å². The van der Waals surface area contributed by atoms with E-state index < -0.39 is 0 Å². The maximum atomic E-state index is 2.66. The second-order valence-electron chi connectivity index (χ2n) is 13.6. The SMILES string of the molecule is CCCCCCCCn1c(C)c(C2(c3c(C)n(CCCCCCCC)c4ccccc34)CC=CC(C)=C2C)c2ccccc21. The number of hydrogen-bond acceptors (Lipinski definition) is 0. The van der Waals surface area contributed by atoms with Crippen molar-refractivity contribution in [3.05, 3.63) is 94.3 Å². The third-order valence-corrected chi connectivity index (χ3v) is 10.8. The second-order valence-corrected chi connectivity index (χ2v) is 13.6. The summed E-state index contributed by atoms with van der Waals surface area (Å²) >= 11 is 0. The Morgan fingerprint density at radius 2 is 1.00 bits per heavy atom. The van der Waals surface area contributed by atoms with Gasteiger partial charge in [-0.05, 0) is 70.2 Å². The van der Waals surface area contributed by atoms with Gasteiger partial charge in [0.15, 0.2) is 0 Å². The monoisotopic (exact) mass is 590 g/mol. The molecule has 1 aliphatic carbocycles. The number of aryl methyl sites for hydroxylation is 2. The van der Waals surface area contributed by atoms with Gasteiger partial charge in [0.25, 0.3) is 0 Å². The van der Waals surface area contributed by atoms with Crippen molar-refractivity contribution in [1.29, 1.82) is 0 Å². The average molecular weight is 591 g/mol. The molecule has 2 heteroatoms. The summed E-state index contributed by atoms with van der Waals surface area (Å²) in [4.78, 5) is 0. The minimum Gasteiger partial charge on any atom is -0.345 e. The molecular formula is C42H58N2.